The molecule has 19 heavy (non-hydrogen) atoms. The van der Waals surface area contributed by atoms with Gasteiger partial charge in [0, 0.05) is 23.8 Å². The Kier molecular flexibility index (Phi) is 2.59. The summed E-state index contributed by atoms with van der Waals surface area (Å²) in [5.74, 6) is -0.405. The van der Waals surface area contributed by atoms with Crippen molar-refractivity contribution in [2.45, 2.75) is 5.60 Å². The van der Waals surface area contributed by atoms with Gasteiger partial charge in [-0.3, -0.25) is 9.78 Å². The highest BCUT2D eigenvalue weighted by atomic mass is 35.5. The Hall–Kier alpha value is -1.91. The molecule has 3 rings (SSSR count). The van der Waals surface area contributed by atoms with Crippen LogP contribution in [0.4, 0.5) is 5.69 Å². The van der Waals surface area contributed by atoms with Gasteiger partial charge in [0.25, 0.3) is 5.91 Å². The number of amides is 1. The fourth-order valence-corrected chi connectivity index (χ4v) is 2.61. The van der Waals surface area contributed by atoms with Crippen molar-refractivity contribution >= 4 is 23.2 Å². The van der Waals surface area contributed by atoms with E-state index in [9.17, 15) is 9.90 Å². The minimum atomic E-state index is -1.70. The summed E-state index contributed by atoms with van der Waals surface area (Å²) in [6.07, 6.45) is 3.12. The van der Waals surface area contributed by atoms with Crippen LogP contribution in [0.2, 0.25) is 5.02 Å². The molecular formula is C14H11ClN2O2. The first kappa shape index (κ1) is 12.1. The van der Waals surface area contributed by atoms with Crippen molar-refractivity contribution in [1.82, 2.24) is 4.98 Å². The van der Waals surface area contributed by atoms with E-state index in [2.05, 4.69) is 4.98 Å². The predicted octanol–water partition coefficient (Wildman–Crippen LogP) is 1.95. The number of anilines is 1. The van der Waals surface area contributed by atoms with E-state index in [0.29, 0.717) is 21.8 Å². The number of benzene rings is 1. The first-order valence-corrected chi connectivity index (χ1v) is 6.14. The molecule has 0 bridgehead atoms. The third-order valence-electron chi connectivity index (χ3n) is 3.41. The lowest BCUT2D eigenvalue weighted by Gasteiger charge is -2.22. The zero-order chi connectivity index (χ0) is 13.6. The van der Waals surface area contributed by atoms with Gasteiger partial charge in [0.15, 0.2) is 5.60 Å². The fraction of sp³-hybridized carbons (Fsp3) is 0.143. The van der Waals surface area contributed by atoms with Crippen LogP contribution in [0.15, 0.2) is 42.7 Å². The van der Waals surface area contributed by atoms with Gasteiger partial charge in [-0.2, -0.15) is 0 Å². The van der Waals surface area contributed by atoms with E-state index in [1.54, 1.807) is 49.8 Å². The number of halogens is 1. The molecule has 1 aromatic carbocycles. The first-order chi connectivity index (χ1) is 9.05. The second-order valence-corrected chi connectivity index (χ2v) is 4.91. The summed E-state index contributed by atoms with van der Waals surface area (Å²) < 4.78 is 0. The number of pyridine rings is 1. The molecule has 5 heteroatoms. The van der Waals surface area contributed by atoms with Gasteiger partial charge in [-0.25, -0.2) is 0 Å². The highest BCUT2D eigenvalue weighted by Crippen LogP contribution is 2.43. The summed E-state index contributed by atoms with van der Waals surface area (Å²) in [7, 11) is 1.62. The largest absolute Gasteiger partial charge is 0.372 e. The first-order valence-electron chi connectivity index (χ1n) is 5.76. The Balaban J connectivity index is 2.27. The molecule has 0 radical (unpaired) electrons. The van der Waals surface area contributed by atoms with E-state index >= 15 is 0 Å². The summed E-state index contributed by atoms with van der Waals surface area (Å²) in [6.45, 7) is 0. The molecule has 2 aromatic rings. The molecule has 4 nitrogen and oxygen atoms in total. The van der Waals surface area contributed by atoms with Gasteiger partial charge < -0.3 is 10.0 Å². The average molecular weight is 275 g/mol. The van der Waals surface area contributed by atoms with Crippen molar-refractivity contribution < 1.29 is 9.90 Å². The molecule has 1 aromatic heterocycles. The topological polar surface area (TPSA) is 53.4 Å². The number of carbonyl (C=O) groups is 1. The maximum atomic E-state index is 12.4. The Morgan fingerprint density at radius 2 is 2.16 bits per heavy atom. The van der Waals surface area contributed by atoms with Gasteiger partial charge in [0.2, 0.25) is 0 Å². The average Bonchev–Trinajstić information content (AvgIpc) is 2.63. The third kappa shape index (κ3) is 1.57. The molecule has 1 atom stereocenters. The molecule has 2 heterocycles. The van der Waals surface area contributed by atoms with Crippen molar-refractivity contribution in [2.75, 3.05) is 11.9 Å². The van der Waals surface area contributed by atoms with Crippen LogP contribution in [0.3, 0.4) is 0 Å². The van der Waals surface area contributed by atoms with Gasteiger partial charge in [-0.05, 0) is 23.8 Å². The maximum absolute atomic E-state index is 12.4. The molecule has 96 valence electrons. The van der Waals surface area contributed by atoms with Crippen LogP contribution in [0.25, 0.3) is 0 Å². The minimum absolute atomic E-state index is 0.405. The summed E-state index contributed by atoms with van der Waals surface area (Å²) >= 11 is 5.95. The van der Waals surface area contributed by atoms with Crippen molar-refractivity contribution in [3.05, 3.63) is 58.9 Å². The van der Waals surface area contributed by atoms with Crippen LogP contribution < -0.4 is 4.90 Å². The van der Waals surface area contributed by atoms with Crippen LogP contribution in [-0.4, -0.2) is 23.0 Å². The molecule has 1 aliphatic heterocycles. The number of nitrogens with zero attached hydrogens (tertiary/aromatic N) is 2. The minimum Gasteiger partial charge on any atom is -0.372 e. The maximum Gasteiger partial charge on any atom is 0.268 e. The van der Waals surface area contributed by atoms with Crippen LogP contribution in [-0.2, 0) is 10.4 Å². The van der Waals surface area contributed by atoms with Crippen molar-refractivity contribution in [2.24, 2.45) is 0 Å². The summed E-state index contributed by atoms with van der Waals surface area (Å²) in [5.41, 5.74) is -0.105. The molecule has 0 saturated heterocycles. The summed E-state index contributed by atoms with van der Waals surface area (Å²) in [5, 5.41) is 11.4. The highest BCUT2D eigenvalue weighted by Gasteiger charge is 2.49. The second-order valence-electron chi connectivity index (χ2n) is 4.48. The normalized spacial score (nSPS) is 21.6. The smallest absolute Gasteiger partial charge is 0.268 e. The summed E-state index contributed by atoms with van der Waals surface area (Å²) in [6, 6.07) is 8.35. The number of carbonyl (C=O) groups excluding carboxylic acids is 1. The lowest BCUT2D eigenvalue weighted by molar-refractivity contribution is -0.131. The lowest BCUT2D eigenvalue weighted by atomic mass is 9.88. The van der Waals surface area contributed by atoms with Gasteiger partial charge in [0.05, 0.1) is 11.9 Å². The number of fused-ring (bicyclic) bond motifs is 1. The van der Waals surface area contributed by atoms with Crippen LogP contribution in [0.5, 0.6) is 0 Å². The zero-order valence-corrected chi connectivity index (χ0v) is 10.9. The number of aromatic nitrogens is 1. The zero-order valence-electron chi connectivity index (χ0n) is 10.2. The van der Waals surface area contributed by atoms with Crippen molar-refractivity contribution in [3.8, 4) is 0 Å². The predicted molar refractivity (Wildman–Crippen MR) is 72.1 cm³/mol. The number of aliphatic hydroxyl groups is 1. The van der Waals surface area contributed by atoms with Gasteiger partial charge in [-0.1, -0.05) is 23.7 Å². The lowest BCUT2D eigenvalue weighted by Crippen LogP contribution is -2.39. The van der Waals surface area contributed by atoms with Gasteiger partial charge >= 0.3 is 0 Å². The molecule has 0 fully saturated rings. The van der Waals surface area contributed by atoms with Gasteiger partial charge in [-0.15, -0.1) is 0 Å². The molecular weight excluding hydrogens is 264 g/mol. The quantitative estimate of drug-likeness (QED) is 0.865. The third-order valence-corrected chi connectivity index (χ3v) is 3.64. The van der Waals surface area contributed by atoms with E-state index < -0.39 is 11.5 Å². The van der Waals surface area contributed by atoms with E-state index in [-0.39, 0.29) is 0 Å². The molecule has 0 saturated carbocycles. The van der Waals surface area contributed by atoms with Crippen LogP contribution >= 0.6 is 11.6 Å². The molecule has 1 aliphatic rings. The Bertz CT molecular complexity index is 674. The Morgan fingerprint density at radius 3 is 2.89 bits per heavy atom. The van der Waals surface area contributed by atoms with Crippen LogP contribution in [0.1, 0.15) is 11.1 Å². The number of hydrogen-bond acceptors (Lipinski definition) is 3. The molecule has 1 amide bonds. The standard InChI is InChI=1S/C14H11ClN2O2/c1-17-12-8-16-6-5-11(12)14(19,13(17)18)9-3-2-4-10(15)7-9/h2-8,19H,1H3/t14-/m0/s1. The molecule has 0 spiro atoms. The van der Waals surface area contributed by atoms with Crippen molar-refractivity contribution in [1.29, 1.82) is 0 Å². The fourth-order valence-electron chi connectivity index (χ4n) is 2.42. The Morgan fingerprint density at radius 1 is 1.37 bits per heavy atom. The number of hydrogen-bond donors (Lipinski definition) is 1. The Labute approximate surface area is 115 Å². The van der Waals surface area contributed by atoms with E-state index in [0.717, 1.165) is 0 Å². The van der Waals surface area contributed by atoms with E-state index in [1.807, 2.05) is 0 Å². The monoisotopic (exact) mass is 274 g/mol. The van der Waals surface area contributed by atoms with Crippen molar-refractivity contribution in [3.63, 3.8) is 0 Å². The highest BCUT2D eigenvalue weighted by molar-refractivity contribution is 6.30. The molecule has 0 unspecified atom stereocenters. The number of rotatable bonds is 1. The second kappa shape index (κ2) is 4.05. The molecule has 0 aliphatic carbocycles. The SMILES string of the molecule is CN1C(=O)[C@](O)(c2cccc(Cl)c2)c2ccncc21. The number of likely N-dealkylation sites (N-methyl/N-ethyl adjacent to an activating group) is 1. The molecule has 1 N–H and O–H groups in total. The summed E-state index contributed by atoms with van der Waals surface area (Å²) in [4.78, 5) is 17.8. The van der Waals surface area contributed by atoms with Crippen LogP contribution in [0, 0.1) is 0 Å². The van der Waals surface area contributed by atoms with E-state index in [4.69, 9.17) is 11.6 Å². The van der Waals surface area contributed by atoms with E-state index in [1.165, 1.54) is 4.90 Å². The van der Waals surface area contributed by atoms with Gasteiger partial charge in [0.1, 0.15) is 0 Å².